The molecular weight excluding hydrogens is 316 g/mol. The number of nitrogens with zero attached hydrogens (tertiary/aromatic N) is 1. The predicted octanol–water partition coefficient (Wildman–Crippen LogP) is 2.68. The summed E-state index contributed by atoms with van der Waals surface area (Å²) < 4.78 is 5.42. The van der Waals surface area contributed by atoms with Crippen LogP contribution in [0.2, 0.25) is 0 Å². The van der Waals surface area contributed by atoms with Crippen LogP contribution in [0, 0.1) is 5.92 Å². The van der Waals surface area contributed by atoms with Gasteiger partial charge in [0.05, 0.1) is 11.7 Å². The average Bonchev–Trinajstić information content (AvgIpc) is 3.48. The molecule has 2 aromatic carbocycles. The quantitative estimate of drug-likeness (QED) is 0.913. The van der Waals surface area contributed by atoms with Crippen LogP contribution in [0.1, 0.15) is 24.4 Å². The van der Waals surface area contributed by atoms with Crippen LogP contribution >= 0.6 is 0 Å². The van der Waals surface area contributed by atoms with Gasteiger partial charge in [-0.1, -0.05) is 42.5 Å². The van der Waals surface area contributed by atoms with Crippen LogP contribution in [0.4, 0.5) is 5.69 Å². The molecule has 5 nitrogen and oxygen atoms in total. The molecule has 2 aromatic rings. The highest BCUT2D eigenvalue weighted by molar-refractivity contribution is 6.02. The Morgan fingerprint density at radius 2 is 1.84 bits per heavy atom. The fraction of sp³-hybridized carbons (Fsp3) is 0.300. The number of ether oxygens (including phenoxy) is 1. The van der Waals surface area contributed by atoms with Crippen molar-refractivity contribution in [2.24, 2.45) is 5.92 Å². The molecule has 0 bridgehead atoms. The molecule has 25 heavy (non-hydrogen) atoms. The van der Waals surface area contributed by atoms with E-state index in [-0.39, 0.29) is 31.0 Å². The lowest BCUT2D eigenvalue weighted by Crippen LogP contribution is -2.46. The molecule has 0 aromatic heterocycles. The van der Waals surface area contributed by atoms with Crippen molar-refractivity contribution in [1.82, 2.24) is 5.32 Å². The maximum absolute atomic E-state index is 12.6. The molecule has 4 rings (SSSR count). The highest BCUT2D eigenvalue weighted by Crippen LogP contribution is 2.41. The molecular formula is C20H20N2O3. The van der Waals surface area contributed by atoms with E-state index in [0.717, 1.165) is 18.4 Å². The molecule has 1 aliphatic heterocycles. The van der Waals surface area contributed by atoms with Crippen molar-refractivity contribution in [2.75, 3.05) is 18.1 Å². The van der Waals surface area contributed by atoms with Crippen molar-refractivity contribution >= 4 is 17.5 Å². The van der Waals surface area contributed by atoms with E-state index in [9.17, 15) is 9.59 Å². The Hall–Kier alpha value is -2.82. The van der Waals surface area contributed by atoms with Crippen molar-refractivity contribution in [1.29, 1.82) is 0 Å². The van der Waals surface area contributed by atoms with Gasteiger partial charge in [0.2, 0.25) is 5.91 Å². The topological polar surface area (TPSA) is 58.6 Å². The van der Waals surface area contributed by atoms with Crippen molar-refractivity contribution in [2.45, 2.75) is 18.9 Å². The van der Waals surface area contributed by atoms with E-state index in [2.05, 4.69) is 5.32 Å². The zero-order valence-electron chi connectivity index (χ0n) is 13.9. The molecule has 1 atom stereocenters. The van der Waals surface area contributed by atoms with Crippen LogP contribution in [0.25, 0.3) is 0 Å². The summed E-state index contributed by atoms with van der Waals surface area (Å²) in [4.78, 5) is 26.4. The van der Waals surface area contributed by atoms with Gasteiger partial charge in [-0.2, -0.15) is 0 Å². The first-order valence-electron chi connectivity index (χ1n) is 8.59. The van der Waals surface area contributed by atoms with Crippen LogP contribution in [-0.4, -0.2) is 25.0 Å². The summed E-state index contributed by atoms with van der Waals surface area (Å²) in [5, 5.41) is 3.12. The Morgan fingerprint density at radius 1 is 1.12 bits per heavy atom. The summed E-state index contributed by atoms with van der Waals surface area (Å²) in [6, 6.07) is 17.3. The number of carbonyl (C=O) groups is 2. The maximum Gasteiger partial charge on any atom is 0.265 e. The second kappa shape index (κ2) is 6.59. The summed E-state index contributed by atoms with van der Waals surface area (Å²) in [7, 11) is 0. The molecule has 2 aliphatic rings. The Labute approximate surface area is 146 Å². The van der Waals surface area contributed by atoms with Gasteiger partial charge in [0, 0.05) is 0 Å². The molecule has 2 amide bonds. The molecule has 1 heterocycles. The van der Waals surface area contributed by atoms with Crippen LogP contribution in [-0.2, 0) is 9.59 Å². The number of anilines is 1. The second-order valence-corrected chi connectivity index (χ2v) is 6.53. The maximum atomic E-state index is 12.6. The van der Waals surface area contributed by atoms with E-state index in [1.165, 1.54) is 4.90 Å². The first-order chi connectivity index (χ1) is 12.2. The zero-order valence-corrected chi connectivity index (χ0v) is 13.9. The third-order valence-electron chi connectivity index (χ3n) is 4.68. The number of carbonyl (C=O) groups excluding carboxylic acids is 2. The standard InChI is InChI=1S/C20H20N2O3/c23-18(21-20(15-10-11-15)14-6-2-1-3-7-14)12-22-16-8-4-5-9-17(16)25-13-19(22)24/h1-9,15,20H,10-13H2,(H,21,23)/t20-/m0/s1. The third-order valence-corrected chi connectivity index (χ3v) is 4.68. The first kappa shape index (κ1) is 15.7. The zero-order chi connectivity index (χ0) is 17.2. The summed E-state index contributed by atoms with van der Waals surface area (Å²) in [6.45, 7) is -0.0235. The minimum atomic E-state index is -0.198. The summed E-state index contributed by atoms with van der Waals surface area (Å²) in [5.41, 5.74) is 1.77. The lowest BCUT2D eigenvalue weighted by molar-refractivity contribution is -0.125. The van der Waals surface area contributed by atoms with Gasteiger partial charge in [0.25, 0.3) is 5.91 Å². The lowest BCUT2D eigenvalue weighted by Gasteiger charge is -2.29. The molecule has 0 saturated heterocycles. The van der Waals surface area contributed by atoms with Crippen LogP contribution in [0.5, 0.6) is 5.75 Å². The number of rotatable bonds is 5. The van der Waals surface area contributed by atoms with E-state index >= 15 is 0 Å². The van der Waals surface area contributed by atoms with Crippen molar-refractivity contribution in [3.8, 4) is 5.75 Å². The molecule has 0 unspecified atom stereocenters. The summed E-state index contributed by atoms with van der Waals surface area (Å²) in [6.07, 6.45) is 2.25. The number of hydrogen-bond donors (Lipinski definition) is 1. The number of hydrogen-bond acceptors (Lipinski definition) is 3. The number of nitrogens with one attached hydrogen (secondary N) is 1. The van der Waals surface area contributed by atoms with Crippen LogP contribution < -0.4 is 15.0 Å². The van der Waals surface area contributed by atoms with Gasteiger partial charge in [-0.25, -0.2) is 0 Å². The minimum Gasteiger partial charge on any atom is -0.482 e. The number of amides is 2. The monoisotopic (exact) mass is 336 g/mol. The fourth-order valence-electron chi connectivity index (χ4n) is 3.25. The van der Waals surface area contributed by atoms with Gasteiger partial charge in [-0.15, -0.1) is 0 Å². The van der Waals surface area contributed by atoms with Crippen molar-refractivity contribution < 1.29 is 14.3 Å². The summed E-state index contributed by atoms with van der Waals surface area (Å²) >= 11 is 0. The van der Waals surface area contributed by atoms with Gasteiger partial charge in [-0.3, -0.25) is 14.5 Å². The average molecular weight is 336 g/mol. The molecule has 1 N–H and O–H groups in total. The van der Waals surface area contributed by atoms with Crippen LogP contribution in [0.3, 0.4) is 0 Å². The first-order valence-corrected chi connectivity index (χ1v) is 8.59. The SMILES string of the molecule is O=C(CN1C(=O)COc2ccccc21)N[C@@H](c1ccccc1)C1CC1. The van der Waals surface area contributed by atoms with Gasteiger partial charge in [0.15, 0.2) is 6.61 Å². The van der Waals surface area contributed by atoms with E-state index in [1.807, 2.05) is 48.5 Å². The normalized spacial score (nSPS) is 17.4. The van der Waals surface area contributed by atoms with E-state index in [0.29, 0.717) is 17.4 Å². The predicted molar refractivity (Wildman–Crippen MR) is 94.3 cm³/mol. The molecule has 5 heteroatoms. The van der Waals surface area contributed by atoms with Gasteiger partial charge in [0.1, 0.15) is 12.3 Å². The molecule has 128 valence electrons. The largest absolute Gasteiger partial charge is 0.482 e. The van der Waals surface area contributed by atoms with Gasteiger partial charge >= 0.3 is 0 Å². The number of benzene rings is 2. The van der Waals surface area contributed by atoms with Crippen molar-refractivity contribution in [3.05, 3.63) is 60.2 Å². The summed E-state index contributed by atoms with van der Waals surface area (Å²) in [5.74, 6) is 0.776. The molecule has 0 spiro atoms. The molecule has 0 radical (unpaired) electrons. The van der Waals surface area contributed by atoms with Gasteiger partial charge in [-0.05, 0) is 36.5 Å². The Kier molecular flexibility index (Phi) is 4.14. The highest BCUT2D eigenvalue weighted by atomic mass is 16.5. The molecule has 1 saturated carbocycles. The van der Waals surface area contributed by atoms with E-state index in [4.69, 9.17) is 4.74 Å². The molecule has 1 aliphatic carbocycles. The lowest BCUT2D eigenvalue weighted by atomic mass is 10.0. The Morgan fingerprint density at radius 3 is 2.60 bits per heavy atom. The smallest absolute Gasteiger partial charge is 0.265 e. The van der Waals surface area contributed by atoms with Crippen LogP contribution in [0.15, 0.2) is 54.6 Å². The van der Waals surface area contributed by atoms with Crippen molar-refractivity contribution in [3.63, 3.8) is 0 Å². The fourth-order valence-corrected chi connectivity index (χ4v) is 3.25. The number of para-hydroxylation sites is 2. The minimum absolute atomic E-state index is 0.00919. The second-order valence-electron chi connectivity index (χ2n) is 6.53. The number of fused-ring (bicyclic) bond motifs is 1. The van der Waals surface area contributed by atoms with Gasteiger partial charge < -0.3 is 10.1 Å². The van der Waals surface area contributed by atoms with E-state index in [1.54, 1.807) is 6.07 Å². The Bertz CT molecular complexity index is 787. The third kappa shape index (κ3) is 3.36. The molecule has 1 fully saturated rings. The highest BCUT2D eigenvalue weighted by Gasteiger charge is 2.34. The van der Waals surface area contributed by atoms with E-state index < -0.39 is 0 Å². The Balaban J connectivity index is 1.49.